The summed E-state index contributed by atoms with van der Waals surface area (Å²) in [7, 11) is 0. The van der Waals surface area contributed by atoms with E-state index in [4.69, 9.17) is 0 Å². The number of halogens is 1. The molecule has 0 radical (unpaired) electrons. The molecule has 14 heavy (non-hydrogen) atoms. The lowest BCUT2D eigenvalue weighted by molar-refractivity contribution is -0.326. The van der Waals surface area contributed by atoms with Gasteiger partial charge in [0.15, 0.2) is 3.57 Å². The van der Waals surface area contributed by atoms with Crippen LogP contribution in [-0.2, 0) is 0 Å². The number of aromatic hydroxyl groups is 1. The van der Waals surface area contributed by atoms with Crippen molar-refractivity contribution in [2.45, 2.75) is 0 Å². The summed E-state index contributed by atoms with van der Waals surface area (Å²) < 4.78 is 1.26. The third kappa shape index (κ3) is 1.90. The Balaban J connectivity index is 2.50. The predicted octanol–water partition coefficient (Wildman–Crippen LogP) is -0.486. The van der Waals surface area contributed by atoms with Gasteiger partial charge >= 0.3 is 0 Å². The molecule has 0 aliphatic carbocycles. The molecular formula is C12H10IO+. The highest BCUT2D eigenvalue weighted by molar-refractivity contribution is 5.63. The molecular weight excluding hydrogens is 287 g/mol. The summed E-state index contributed by atoms with van der Waals surface area (Å²) >= 11 is 2.01. The summed E-state index contributed by atoms with van der Waals surface area (Å²) in [4.78, 5) is 0. The molecule has 0 spiro atoms. The fourth-order valence-corrected chi connectivity index (χ4v) is 2.10. The fourth-order valence-electron chi connectivity index (χ4n) is 1.35. The highest BCUT2D eigenvalue weighted by Gasteiger charge is 2.06. The first-order valence-corrected chi connectivity index (χ1v) is 5.49. The maximum absolute atomic E-state index is 9.17. The zero-order valence-corrected chi connectivity index (χ0v) is 9.80. The number of phenolic OH excluding ortho intramolecular Hbond substituents is 1. The number of hydrogen-bond acceptors (Lipinski definition) is 1. The molecule has 0 amide bonds. The summed E-state index contributed by atoms with van der Waals surface area (Å²) in [5, 5.41) is 9.17. The summed E-state index contributed by atoms with van der Waals surface area (Å²) in [6, 6.07) is 15.5. The second-order valence-electron chi connectivity index (χ2n) is 3.04. The number of rotatable bonds is 1. The van der Waals surface area contributed by atoms with Crippen LogP contribution < -0.4 is 22.6 Å². The highest BCUT2D eigenvalue weighted by atomic mass is 127. The van der Waals surface area contributed by atoms with Crippen LogP contribution in [-0.4, -0.2) is 5.11 Å². The molecule has 2 heteroatoms. The van der Waals surface area contributed by atoms with Crippen LogP contribution in [0.3, 0.4) is 0 Å². The lowest BCUT2D eigenvalue weighted by atomic mass is 10.1. The van der Waals surface area contributed by atoms with Crippen molar-refractivity contribution in [1.29, 1.82) is 0 Å². The smallest absolute Gasteiger partial charge is 0.297 e. The van der Waals surface area contributed by atoms with Crippen LogP contribution in [0.5, 0.6) is 5.75 Å². The minimum Gasteiger partial charge on any atom is -0.508 e. The van der Waals surface area contributed by atoms with Gasteiger partial charge in [0.1, 0.15) is 5.75 Å². The Morgan fingerprint density at radius 3 is 2.14 bits per heavy atom. The van der Waals surface area contributed by atoms with Gasteiger partial charge in [-0.2, -0.15) is 0 Å². The average molecular weight is 297 g/mol. The summed E-state index contributed by atoms with van der Waals surface area (Å²) in [5.74, 6) is 0.309. The van der Waals surface area contributed by atoms with Crippen molar-refractivity contribution in [3.8, 4) is 16.9 Å². The van der Waals surface area contributed by atoms with E-state index < -0.39 is 0 Å². The van der Waals surface area contributed by atoms with E-state index in [1.165, 1.54) is 9.13 Å². The molecule has 0 aliphatic rings. The van der Waals surface area contributed by atoms with Gasteiger partial charge in [0.25, 0.3) is 22.6 Å². The van der Waals surface area contributed by atoms with Crippen molar-refractivity contribution in [1.82, 2.24) is 0 Å². The van der Waals surface area contributed by atoms with Crippen LogP contribution in [0.1, 0.15) is 0 Å². The van der Waals surface area contributed by atoms with E-state index in [1.54, 1.807) is 12.1 Å². The second-order valence-corrected chi connectivity index (χ2v) is 4.30. The van der Waals surface area contributed by atoms with Gasteiger partial charge in [-0.1, -0.05) is 24.3 Å². The zero-order valence-electron chi connectivity index (χ0n) is 7.47. The minimum absolute atomic E-state index is 0.309. The number of benzene rings is 2. The van der Waals surface area contributed by atoms with E-state index in [9.17, 15) is 5.11 Å². The second kappa shape index (κ2) is 4.00. The third-order valence-electron chi connectivity index (χ3n) is 2.07. The molecule has 0 aromatic heterocycles. The van der Waals surface area contributed by atoms with Crippen LogP contribution in [0.15, 0.2) is 48.5 Å². The minimum atomic E-state index is 0.309. The number of hydrogen-bond donors (Lipinski definition) is 1. The van der Waals surface area contributed by atoms with Crippen molar-refractivity contribution in [2.24, 2.45) is 0 Å². The van der Waals surface area contributed by atoms with Crippen molar-refractivity contribution in [3.05, 3.63) is 52.1 Å². The molecule has 2 aromatic carbocycles. The largest absolute Gasteiger partial charge is 0.508 e. The normalized spacial score (nSPS) is 10.1. The van der Waals surface area contributed by atoms with Crippen molar-refractivity contribution >= 4 is 0 Å². The Labute approximate surface area is 96.5 Å². The highest BCUT2D eigenvalue weighted by Crippen LogP contribution is 2.21. The molecule has 0 saturated heterocycles. The van der Waals surface area contributed by atoms with Gasteiger partial charge in [-0.05, 0) is 29.8 Å². The molecule has 2 aromatic rings. The molecule has 1 nitrogen and oxygen atoms in total. The van der Waals surface area contributed by atoms with Gasteiger partial charge in [0, 0.05) is 5.56 Å². The molecule has 1 N–H and O–H groups in total. The van der Waals surface area contributed by atoms with Crippen molar-refractivity contribution in [3.63, 3.8) is 0 Å². The summed E-state index contributed by atoms with van der Waals surface area (Å²) in [6.45, 7) is 0. The topological polar surface area (TPSA) is 20.2 Å². The van der Waals surface area contributed by atoms with Gasteiger partial charge < -0.3 is 5.11 Å². The first-order chi connectivity index (χ1) is 6.77. The molecule has 0 bridgehead atoms. The van der Waals surface area contributed by atoms with E-state index >= 15 is 0 Å². The van der Waals surface area contributed by atoms with Crippen LogP contribution in [0.25, 0.3) is 11.1 Å². The summed E-state index contributed by atoms with van der Waals surface area (Å²) in [6.07, 6.45) is 0. The van der Waals surface area contributed by atoms with E-state index in [2.05, 4.69) is 12.1 Å². The van der Waals surface area contributed by atoms with Crippen LogP contribution in [0, 0.1) is 3.57 Å². The van der Waals surface area contributed by atoms with E-state index in [0.29, 0.717) is 5.75 Å². The molecule has 0 aliphatic heterocycles. The van der Waals surface area contributed by atoms with Gasteiger partial charge in [-0.15, -0.1) is 0 Å². The Morgan fingerprint density at radius 2 is 1.50 bits per heavy atom. The van der Waals surface area contributed by atoms with Gasteiger partial charge in [0.2, 0.25) is 0 Å². The molecule has 0 fully saturated rings. The van der Waals surface area contributed by atoms with Crippen LogP contribution in [0.2, 0.25) is 0 Å². The Kier molecular flexibility index (Phi) is 2.72. The number of phenols is 1. The summed E-state index contributed by atoms with van der Waals surface area (Å²) in [5.41, 5.74) is 2.36. The standard InChI is InChI=1S/C12H9IO/c13-12-4-2-1-3-11(12)9-5-7-10(14)8-6-9/h1-8,13H/p+1. The Bertz CT molecular complexity index is 434. The average Bonchev–Trinajstić information content (AvgIpc) is 2.20. The maximum Gasteiger partial charge on any atom is 0.297 e. The zero-order chi connectivity index (χ0) is 9.97. The first-order valence-electron chi connectivity index (χ1n) is 4.33. The van der Waals surface area contributed by atoms with Crippen molar-refractivity contribution < 1.29 is 27.7 Å². The first kappa shape index (κ1) is 9.52. The van der Waals surface area contributed by atoms with Crippen molar-refractivity contribution in [2.75, 3.05) is 0 Å². The van der Waals surface area contributed by atoms with Gasteiger partial charge in [-0.3, -0.25) is 0 Å². The molecule has 0 unspecified atom stereocenters. The van der Waals surface area contributed by atoms with E-state index in [0.717, 1.165) is 5.56 Å². The Hall–Kier alpha value is -1.03. The molecule has 0 atom stereocenters. The lowest BCUT2D eigenvalue weighted by Gasteiger charge is -2.00. The quantitative estimate of drug-likeness (QED) is 0.705. The predicted molar refractivity (Wildman–Crippen MR) is 53.6 cm³/mol. The van der Waals surface area contributed by atoms with Crippen LogP contribution in [0.4, 0.5) is 0 Å². The van der Waals surface area contributed by atoms with E-state index in [-0.39, 0.29) is 0 Å². The van der Waals surface area contributed by atoms with E-state index in [1.807, 2.05) is 46.9 Å². The maximum atomic E-state index is 9.17. The molecule has 0 heterocycles. The van der Waals surface area contributed by atoms with Gasteiger partial charge in [-0.25, -0.2) is 0 Å². The Morgan fingerprint density at radius 1 is 0.857 bits per heavy atom. The molecule has 70 valence electrons. The SMILES string of the molecule is Oc1ccc(-c2ccccc2[IH+])cc1. The molecule has 2 rings (SSSR count). The van der Waals surface area contributed by atoms with Crippen LogP contribution >= 0.6 is 0 Å². The fraction of sp³-hybridized carbons (Fsp3) is 0. The molecule has 0 saturated carbocycles. The lowest BCUT2D eigenvalue weighted by Crippen LogP contribution is -3.34. The van der Waals surface area contributed by atoms with Gasteiger partial charge in [0.05, 0.1) is 0 Å². The third-order valence-corrected chi connectivity index (χ3v) is 3.08. The monoisotopic (exact) mass is 297 g/mol.